The van der Waals surface area contributed by atoms with Gasteiger partial charge < -0.3 is 30.8 Å². The van der Waals surface area contributed by atoms with Crippen LogP contribution in [0.5, 0.6) is 0 Å². The van der Waals surface area contributed by atoms with Gasteiger partial charge in [0.1, 0.15) is 30.2 Å². The molecule has 0 aromatic carbocycles. The molecule has 3 heterocycles. The number of rotatable bonds is 2. The number of nitrogens with zero attached hydrogens (tertiary/aromatic N) is 3. The van der Waals surface area contributed by atoms with Crippen molar-refractivity contribution in [2.45, 2.75) is 24.5 Å². The molecule has 9 nitrogen and oxygen atoms in total. The molecule has 0 spiro atoms. The van der Waals surface area contributed by atoms with E-state index >= 15 is 0 Å². The van der Waals surface area contributed by atoms with Crippen molar-refractivity contribution in [2.24, 2.45) is 0 Å². The molecule has 3 rings (SSSR count). The predicted molar refractivity (Wildman–Crippen MR) is 70.1 cm³/mol. The number of nitrogen functional groups attached to an aromatic ring is 1. The van der Waals surface area contributed by atoms with E-state index in [9.17, 15) is 10.2 Å². The molecule has 1 aliphatic heterocycles. The summed E-state index contributed by atoms with van der Waals surface area (Å²) in [7, 11) is 0. The standard InChI is InChI=1S/C10H13N5O4S/c11-7-4-8(13-2-12-7)15(10(20)14-4)9-6(18)5(17)3(1-16)19-9/h2-3,5-6,9,16-18H,1H2,(H,14,20)(H2,11,12,13)/t3-,5+,6?,9-/m1/s1. The Morgan fingerprint density at radius 1 is 1.40 bits per heavy atom. The molecule has 20 heavy (non-hydrogen) atoms. The fraction of sp³-hybridized carbons (Fsp3) is 0.500. The Morgan fingerprint density at radius 2 is 2.15 bits per heavy atom. The summed E-state index contributed by atoms with van der Waals surface area (Å²) in [5, 5.41) is 28.9. The van der Waals surface area contributed by atoms with Crippen LogP contribution in [0, 0.1) is 4.77 Å². The van der Waals surface area contributed by atoms with Crippen molar-refractivity contribution >= 4 is 29.2 Å². The minimum atomic E-state index is -1.24. The van der Waals surface area contributed by atoms with Crippen molar-refractivity contribution in [3.63, 3.8) is 0 Å². The first kappa shape index (κ1) is 13.4. The van der Waals surface area contributed by atoms with Crippen LogP contribution in [0.4, 0.5) is 5.82 Å². The van der Waals surface area contributed by atoms with Crippen LogP contribution in [0.3, 0.4) is 0 Å². The maximum absolute atomic E-state index is 10.0. The second-order valence-electron chi connectivity index (χ2n) is 4.49. The molecule has 2 aromatic rings. The summed E-state index contributed by atoms with van der Waals surface area (Å²) in [6.07, 6.45) is -3.04. The average Bonchev–Trinajstić information content (AvgIpc) is 2.90. The lowest BCUT2D eigenvalue weighted by Gasteiger charge is -2.16. The van der Waals surface area contributed by atoms with Crippen LogP contribution < -0.4 is 5.73 Å². The summed E-state index contributed by atoms with van der Waals surface area (Å²) >= 11 is 5.16. The Morgan fingerprint density at radius 3 is 2.80 bits per heavy atom. The minimum Gasteiger partial charge on any atom is -0.394 e. The van der Waals surface area contributed by atoms with Crippen LogP contribution in [0.25, 0.3) is 11.2 Å². The largest absolute Gasteiger partial charge is 0.394 e. The third-order valence-corrected chi connectivity index (χ3v) is 3.61. The van der Waals surface area contributed by atoms with Crippen molar-refractivity contribution in [1.29, 1.82) is 0 Å². The van der Waals surface area contributed by atoms with Crippen LogP contribution in [-0.4, -0.2) is 59.8 Å². The molecule has 0 amide bonds. The molecule has 1 unspecified atom stereocenters. The number of H-pyrrole nitrogens is 1. The van der Waals surface area contributed by atoms with Crippen LogP contribution in [0.15, 0.2) is 6.33 Å². The van der Waals surface area contributed by atoms with E-state index in [0.29, 0.717) is 11.2 Å². The van der Waals surface area contributed by atoms with Crippen LogP contribution in [0.2, 0.25) is 0 Å². The molecule has 1 fully saturated rings. The zero-order valence-corrected chi connectivity index (χ0v) is 11.0. The monoisotopic (exact) mass is 299 g/mol. The molecule has 0 saturated carbocycles. The number of aromatic amines is 1. The van der Waals surface area contributed by atoms with E-state index in [1.54, 1.807) is 0 Å². The van der Waals surface area contributed by atoms with Gasteiger partial charge in [-0.3, -0.25) is 4.57 Å². The number of fused-ring (bicyclic) bond motifs is 1. The van der Waals surface area contributed by atoms with Gasteiger partial charge in [-0.1, -0.05) is 0 Å². The highest BCUT2D eigenvalue weighted by Gasteiger charge is 2.44. The second-order valence-corrected chi connectivity index (χ2v) is 4.87. The zero-order valence-electron chi connectivity index (χ0n) is 10.2. The second kappa shape index (κ2) is 4.75. The van der Waals surface area contributed by atoms with Gasteiger partial charge in [-0.15, -0.1) is 0 Å². The minimum absolute atomic E-state index is 0.214. The van der Waals surface area contributed by atoms with Gasteiger partial charge in [-0.05, 0) is 12.2 Å². The maximum atomic E-state index is 10.0. The summed E-state index contributed by atoms with van der Waals surface area (Å²) < 4.78 is 7.07. The van der Waals surface area contributed by atoms with E-state index in [4.69, 9.17) is 27.8 Å². The first-order valence-corrected chi connectivity index (χ1v) is 6.28. The molecule has 4 atom stereocenters. The van der Waals surface area contributed by atoms with Crippen LogP contribution in [0.1, 0.15) is 6.23 Å². The highest BCUT2D eigenvalue weighted by molar-refractivity contribution is 7.71. The first-order valence-electron chi connectivity index (χ1n) is 5.87. The quantitative estimate of drug-likeness (QED) is 0.430. The molecule has 1 saturated heterocycles. The molecule has 2 aromatic heterocycles. The summed E-state index contributed by atoms with van der Waals surface area (Å²) in [5.74, 6) is 0.214. The van der Waals surface area contributed by atoms with E-state index in [0.717, 1.165) is 0 Å². The van der Waals surface area contributed by atoms with Crippen LogP contribution in [-0.2, 0) is 4.74 Å². The zero-order chi connectivity index (χ0) is 14.4. The third kappa shape index (κ3) is 1.81. The Balaban J connectivity index is 2.14. The number of aromatic nitrogens is 4. The summed E-state index contributed by atoms with van der Waals surface area (Å²) in [6, 6.07) is 0. The predicted octanol–water partition coefficient (Wildman–Crippen LogP) is -1.32. The number of anilines is 1. The summed E-state index contributed by atoms with van der Waals surface area (Å²) in [6.45, 7) is -0.415. The number of nitrogens with one attached hydrogen (secondary N) is 1. The van der Waals surface area contributed by atoms with E-state index in [1.807, 2.05) is 0 Å². The highest BCUT2D eigenvalue weighted by atomic mass is 32.1. The van der Waals surface area contributed by atoms with Gasteiger partial charge in [0.2, 0.25) is 0 Å². The van der Waals surface area contributed by atoms with E-state index < -0.39 is 31.1 Å². The molecule has 0 aliphatic carbocycles. The first-order chi connectivity index (χ1) is 9.54. The lowest BCUT2D eigenvalue weighted by atomic mass is 10.1. The molecular weight excluding hydrogens is 286 g/mol. The normalized spacial score (nSPS) is 30.1. The number of hydrogen-bond acceptors (Lipinski definition) is 8. The smallest absolute Gasteiger partial charge is 0.181 e. The summed E-state index contributed by atoms with van der Waals surface area (Å²) in [5.41, 5.74) is 6.50. The van der Waals surface area contributed by atoms with Gasteiger partial charge in [-0.2, -0.15) is 0 Å². The summed E-state index contributed by atoms with van der Waals surface area (Å²) in [4.78, 5) is 10.7. The van der Waals surface area contributed by atoms with Crippen molar-refractivity contribution in [3.8, 4) is 0 Å². The van der Waals surface area contributed by atoms with Crippen LogP contribution >= 0.6 is 12.2 Å². The molecule has 108 valence electrons. The Kier molecular flexibility index (Phi) is 3.18. The Bertz CT molecular complexity index is 701. The van der Waals surface area contributed by atoms with E-state index in [-0.39, 0.29) is 10.6 Å². The SMILES string of the molecule is Nc1ncnc2c1[nH]c(=S)n2[C@@H]1O[C@H](CO)[C@H](O)C1O. The van der Waals surface area contributed by atoms with Gasteiger partial charge in [0, 0.05) is 0 Å². The van der Waals surface area contributed by atoms with E-state index in [2.05, 4.69) is 15.0 Å². The fourth-order valence-electron chi connectivity index (χ4n) is 2.28. The number of aliphatic hydroxyl groups is 3. The van der Waals surface area contributed by atoms with Crippen molar-refractivity contribution < 1.29 is 20.1 Å². The van der Waals surface area contributed by atoms with Gasteiger partial charge >= 0.3 is 0 Å². The average molecular weight is 299 g/mol. The number of hydrogen-bond donors (Lipinski definition) is 5. The maximum Gasteiger partial charge on any atom is 0.181 e. The highest BCUT2D eigenvalue weighted by Crippen LogP contribution is 2.32. The molecular formula is C10H13N5O4S. The molecule has 1 aliphatic rings. The number of nitrogens with two attached hydrogens (primary N) is 1. The lowest BCUT2D eigenvalue weighted by Crippen LogP contribution is -2.33. The number of imidazole rings is 1. The van der Waals surface area contributed by atoms with Crippen molar-refractivity contribution in [3.05, 3.63) is 11.1 Å². The van der Waals surface area contributed by atoms with E-state index in [1.165, 1.54) is 10.9 Å². The molecule has 10 heteroatoms. The van der Waals surface area contributed by atoms with Gasteiger partial charge in [0.15, 0.2) is 22.5 Å². The number of aliphatic hydroxyl groups excluding tert-OH is 3. The van der Waals surface area contributed by atoms with Gasteiger partial charge in [0.05, 0.1) is 6.61 Å². The molecule has 0 radical (unpaired) electrons. The van der Waals surface area contributed by atoms with Crippen molar-refractivity contribution in [2.75, 3.05) is 12.3 Å². The molecule has 0 bridgehead atoms. The lowest BCUT2D eigenvalue weighted by molar-refractivity contribution is -0.0517. The third-order valence-electron chi connectivity index (χ3n) is 3.31. The van der Waals surface area contributed by atoms with Crippen molar-refractivity contribution in [1.82, 2.24) is 19.5 Å². The van der Waals surface area contributed by atoms with Gasteiger partial charge in [-0.25, -0.2) is 9.97 Å². The topological polar surface area (TPSA) is 142 Å². The van der Waals surface area contributed by atoms with Gasteiger partial charge in [0.25, 0.3) is 0 Å². The fourth-order valence-corrected chi connectivity index (χ4v) is 2.58. The number of ether oxygens (including phenoxy) is 1. The Labute approximate surface area is 117 Å². The molecule has 6 N–H and O–H groups in total. The Hall–Kier alpha value is -1.59.